The van der Waals surface area contributed by atoms with E-state index in [9.17, 15) is 0 Å². The third kappa shape index (κ3) is 3.01. The van der Waals surface area contributed by atoms with Gasteiger partial charge in [-0.25, -0.2) is 0 Å². The standard InChI is InChI=1S/C23H28N2O2/c1-2-8-18(9-3-1)24-22-19-10-4-5-12-21(19)27-23(13-7-6-11-20(22)23)25-14-16-26-17-15-25/h1-5,8-10,12,20,22,24H,6-7,11,13-17H2/t20-,22+,23-/m0/s1. The van der Waals surface area contributed by atoms with E-state index < -0.39 is 0 Å². The van der Waals surface area contributed by atoms with Crippen LogP contribution in [0.5, 0.6) is 5.75 Å². The van der Waals surface area contributed by atoms with Gasteiger partial charge in [-0.15, -0.1) is 0 Å². The Morgan fingerprint density at radius 1 is 0.926 bits per heavy atom. The molecule has 1 aliphatic carbocycles. The molecule has 1 N–H and O–H groups in total. The second kappa shape index (κ2) is 7.17. The largest absolute Gasteiger partial charge is 0.472 e. The molecule has 2 aromatic rings. The number of morpholine rings is 1. The molecule has 3 atom stereocenters. The topological polar surface area (TPSA) is 33.7 Å². The Morgan fingerprint density at radius 2 is 1.70 bits per heavy atom. The van der Waals surface area contributed by atoms with E-state index >= 15 is 0 Å². The Kier molecular flexibility index (Phi) is 4.54. The summed E-state index contributed by atoms with van der Waals surface area (Å²) >= 11 is 0. The van der Waals surface area contributed by atoms with Crippen LogP contribution in [0.25, 0.3) is 0 Å². The van der Waals surface area contributed by atoms with Gasteiger partial charge in [-0.1, -0.05) is 42.8 Å². The molecule has 4 nitrogen and oxygen atoms in total. The van der Waals surface area contributed by atoms with E-state index in [1.54, 1.807) is 0 Å². The fourth-order valence-corrected chi connectivity index (χ4v) is 5.24. The van der Waals surface area contributed by atoms with Gasteiger partial charge in [0, 0.05) is 36.7 Å². The quantitative estimate of drug-likeness (QED) is 0.872. The number of benzene rings is 2. The lowest BCUT2D eigenvalue weighted by molar-refractivity contribution is -0.184. The summed E-state index contributed by atoms with van der Waals surface area (Å²) in [5, 5.41) is 3.86. The summed E-state index contributed by atoms with van der Waals surface area (Å²) in [5.74, 6) is 1.47. The highest BCUT2D eigenvalue weighted by Gasteiger charge is 2.54. The zero-order valence-electron chi connectivity index (χ0n) is 15.8. The molecule has 2 heterocycles. The number of hydrogen-bond donors (Lipinski definition) is 1. The molecule has 1 saturated carbocycles. The molecule has 27 heavy (non-hydrogen) atoms. The second-order valence-electron chi connectivity index (χ2n) is 7.92. The van der Waals surface area contributed by atoms with E-state index in [2.05, 4.69) is 64.8 Å². The van der Waals surface area contributed by atoms with Crippen LogP contribution in [0.3, 0.4) is 0 Å². The Hall–Kier alpha value is -2.04. The van der Waals surface area contributed by atoms with E-state index in [0.717, 1.165) is 38.5 Å². The minimum atomic E-state index is -0.219. The SMILES string of the molecule is c1ccc(N[C@@H]2c3ccccc3O[C@@]3(N4CCOCC4)CCCC[C@@H]23)cc1. The molecule has 2 aliphatic heterocycles. The fourth-order valence-electron chi connectivity index (χ4n) is 5.24. The van der Waals surface area contributed by atoms with E-state index in [4.69, 9.17) is 9.47 Å². The normalized spacial score (nSPS) is 30.7. The van der Waals surface area contributed by atoms with Gasteiger partial charge in [0.05, 0.1) is 19.3 Å². The number of anilines is 1. The molecule has 2 aromatic carbocycles. The van der Waals surface area contributed by atoms with Gasteiger partial charge in [0.2, 0.25) is 0 Å². The molecular weight excluding hydrogens is 336 g/mol. The van der Waals surface area contributed by atoms with Crippen molar-refractivity contribution in [2.24, 2.45) is 5.92 Å². The van der Waals surface area contributed by atoms with Crippen LogP contribution in [0, 0.1) is 5.92 Å². The first-order valence-corrected chi connectivity index (χ1v) is 10.3. The van der Waals surface area contributed by atoms with Gasteiger partial charge in [-0.05, 0) is 31.0 Å². The van der Waals surface area contributed by atoms with E-state index in [1.807, 2.05) is 0 Å². The van der Waals surface area contributed by atoms with Crippen LogP contribution < -0.4 is 10.1 Å². The number of para-hydroxylation sites is 2. The molecule has 0 unspecified atom stereocenters. The molecule has 0 aromatic heterocycles. The predicted molar refractivity (Wildman–Crippen MR) is 107 cm³/mol. The summed E-state index contributed by atoms with van der Waals surface area (Å²) in [7, 11) is 0. The molecule has 142 valence electrons. The van der Waals surface area contributed by atoms with Crippen LogP contribution in [-0.4, -0.2) is 36.9 Å². The molecule has 0 radical (unpaired) electrons. The van der Waals surface area contributed by atoms with Crippen molar-refractivity contribution in [2.45, 2.75) is 37.5 Å². The number of ether oxygens (including phenoxy) is 2. The Balaban J connectivity index is 1.57. The minimum Gasteiger partial charge on any atom is -0.472 e. The third-order valence-corrected chi connectivity index (χ3v) is 6.46. The van der Waals surface area contributed by atoms with Crippen molar-refractivity contribution in [1.29, 1.82) is 0 Å². The van der Waals surface area contributed by atoms with Crippen molar-refractivity contribution >= 4 is 5.69 Å². The summed E-state index contributed by atoms with van der Waals surface area (Å²) < 4.78 is 12.5. The summed E-state index contributed by atoms with van der Waals surface area (Å²) in [5.41, 5.74) is 2.25. The first-order valence-electron chi connectivity index (χ1n) is 10.3. The second-order valence-corrected chi connectivity index (χ2v) is 7.92. The van der Waals surface area contributed by atoms with E-state index in [-0.39, 0.29) is 11.8 Å². The van der Waals surface area contributed by atoms with Crippen molar-refractivity contribution in [3.63, 3.8) is 0 Å². The summed E-state index contributed by atoms with van der Waals surface area (Å²) in [6, 6.07) is 19.5. The average molecular weight is 364 g/mol. The van der Waals surface area contributed by atoms with Gasteiger partial charge in [0.25, 0.3) is 0 Å². The van der Waals surface area contributed by atoms with Crippen LogP contribution >= 0.6 is 0 Å². The molecule has 3 aliphatic rings. The fraction of sp³-hybridized carbons (Fsp3) is 0.478. The zero-order valence-corrected chi connectivity index (χ0v) is 15.8. The van der Waals surface area contributed by atoms with Gasteiger partial charge in [0.1, 0.15) is 5.75 Å². The Morgan fingerprint density at radius 3 is 2.56 bits per heavy atom. The summed E-state index contributed by atoms with van der Waals surface area (Å²) in [6.07, 6.45) is 4.79. The van der Waals surface area contributed by atoms with Gasteiger partial charge >= 0.3 is 0 Å². The number of rotatable bonds is 3. The summed E-state index contributed by atoms with van der Waals surface area (Å²) in [4.78, 5) is 2.57. The van der Waals surface area contributed by atoms with Crippen molar-refractivity contribution in [3.8, 4) is 5.75 Å². The van der Waals surface area contributed by atoms with E-state index in [1.165, 1.54) is 30.5 Å². The average Bonchev–Trinajstić information content (AvgIpc) is 2.75. The molecule has 0 amide bonds. The maximum absolute atomic E-state index is 6.86. The lowest BCUT2D eigenvalue weighted by atomic mass is 9.71. The molecule has 5 rings (SSSR count). The van der Waals surface area contributed by atoms with E-state index in [0.29, 0.717) is 5.92 Å². The minimum absolute atomic E-state index is 0.219. The first-order chi connectivity index (χ1) is 13.4. The predicted octanol–water partition coefficient (Wildman–Crippen LogP) is 4.45. The van der Waals surface area contributed by atoms with Gasteiger partial charge in [-0.3, -0.25) is 4.90 Å². The number of nitrogens with one attached hydrogen (secondary N) is 1. The monoisotopic (exact) mass is 364 g/mol. The first kappa shape index (κ1) is 17.1. The van der Waals surface area contributed by atoms with Crippen molar-refractivity contribution in [3.05, 3.63) is 60.2 Å². The highest BCUT2D eigenvalue weighted by atomic mass is 16.5. The number of nitrogens with zero attached hydrogens (tertiary/aromatic N) is 1. The lowest BCUT2D eigenvalue weighted by Gasteiger charge is -2.56. The number of hydrogen-bond acceptors (Lipinski definition) is 4. The van der Waals surface area contributed by atoms with Crippen LogP contribution in [0.4, 0.5) is 5.69 Å². The summed E-state index contributed by atoms with van der Waals surface area (Å²) in [6.45, 7) is 3.51. The molecular formula is C23H28N2O2. The van der Waals surface area contributed by atoms with Crippen molar-refractivity contribution in [1.82, 2.24) is 4.90 Å². The van der Waals surface area contributed by atoms with Crippen LogP contribution in [0.1, 0.15) is 37.3 Å². The van der Waals surface area contributed by atoms with Crippen LogP contribution in [0.2, 0.25) is 0 Å². The molecule has 1 saturated heterocycles. The third-order valence-electron chi connectivity index (χ3n) is 6.46. The van der Waals surface area contributed by atoms with Crippen LogP contribution in [0.15, 0.2) is 54.6 Å². The van der Waals surface area contributed by atoms with Gasteiger partial charge in [-0.2, -0.15) is 0 Å². The molecule has 0 spiro atoms. The number of fused-ring (bicyclic) bond motifs is 2. The maximum atomic E-state index is 6.86. The smallest absolute Gasteiger partial charge is 0.168 e. The zero-order chi connectivity index (χ0) is 18.1. The molecule has 0 bridgehead atoms. The van der Waals surface area contributed by atoms with Crippen LogP contribution in [-0.2, 0) is 4.74 Å². The Labute approximate surface area is 161 Å². The van der Waals surface area contributed by atoms with Crippen molar-refractivity contribution < 1.29 is 9.47 Å². The molecule has 4 heteroatoms. The van der Waals surface area contributed by atoms with Gasteiger partial charge < -0.3 is 14.8 Å². The highest BCUT2D eigenvalue weighted by Crippen LogP contribution is 2.52. The highest BCUT2D eigenvalue weighted by molar-refractivity contribution is 5.50. The molecule has 2 fully saturated rings. The van der Waals surface area contributed by atoms with Gasteiger partial charge in [0.15, 0.2) is 5.72 Å². The Bertz CT molecular complexity index is 775. The lowest BCUT2D eigenvalue weighted by Crippen LogP contribution is -2.65. The maximum Gasteiger partial charge on any atom is 0.168 e. The van der Waals surface area contributed by atoms with Crippen molar-refractivity contribution in [2.75, 3.05) is 31.6 Å².